The van der Waals surface area contributed by atoms with Crippen LogP contribution in [0.15, 0.2) is 41.7 Å². The molecule has 0 aliphatic heterocycles. The topological polar surface area (TPSA) is 72.7 Å². The van der Waals surface area contributed by atoms with Crippen molar-refractivity contribution in [1.82, 2.24) is 20.4 Å². The van der Waals surface area contributed by atoms with Crippen LogP contribution in [-0.2, 0) is 13.6 Å². The van der Waals surface area contributed by atoms with E-state index >= 15 is 0 Å². The van der Waals surface area contributed by atoms with Gasteiger partial charge in [0.05, 0.1) is 26.4 Å². The van der Waals surface area contributed by atoms with Crippen LogP contribution in [0.1, 0.15) is 12.5 Å². The van der Waals surface area contributed by atoms with Crippen molar-refractivity contribution in [2.45, 2.75) is 13.5 Å². The Morgan fingerprint density at radius 3 is 2.52 bits per heavy atom. The molecule has 0 amide bonds. The lowest BCUT2D eigenvalue weighted by Gasteiger charge is -2.12. The van der Waals surface area contributed by atoms with Crippen LogP contribution >= 0.6 is 24.0 Å². The molecule has 25 heavy (non-hydrogen) atoms. The van der Waals surface area contributed by atoms with Gasteiger partial charge in [-0.3, -0.25) is 4.68 Å². The van der Waals surface area contributed by atoms with Crippen LogP contribution in [-0.4, -0.2) is 42.5 Å². The van der Waals surface area contributed by atoms with Crippen molar-refractivity contribution in [3.05, 3.63) is 42.2 Å². The Morgan fingerprint density at radius 1 is 1.20 bits per heavy atom. The lowest BCUT2D eigenvalue weighted by atomic mass is 10.3. The van der Waals surface area contributed by atoms with E-state index < -0.39 is 0 Å². The first-order chi connectivity index (χ1) is 11.7. The molecule has 1 aromatic carbocycles. The number of benzene rings is 1. The molecule has 2 rings (SSSR count). The largest absolute Gasteiger partial charge is 0.497 e. The number of hydrogen-bond donors (Lipinski definition) is 2. The van der Waals surface area contributed by atoms with Crippen LogP contribution in [0, 0.1) is 0 Å². The zero-order valence-electron chi connectivity index (χ0n) is 14.9. The lowest BCUT2D eigenvalue weighted by Crippen LogP contribution is -2.39. The summed E-state index contributed by atoms with van der Waals surface area (Å²) in [6, 6.07) is 7.53. The quantitative estimate of drug-likeness (QED) is 0.274. The van der Waals surface area contributed by atoms with Gasteiger partial charge in [-0.15, -0.1) is 24.0 Å². The second kappa shape index (κ2) is 11.6. The number of ether oxygens (including phenoxy) is 2. The number of aliphatic imine (C=N–C) groups is 1. The summed E-state index contributed by atoms with van der Waals surface area (Å²) in [5, 5.41) is 10.6. The zero-order chi connectivity index (χ0) is 17.2. The third-order valence-electron chi connectivity index (χ3n) is 3.24. The minimum absolute atomic E-state index is 0. The van der Waals surface area contributed by atoms with E-state index in [1.54, 1.807) is 11.8 Å². The molecule has 1 heterocycles. The highest BCUT2D eigenvalue weighted by Gasteiger charge is 2.00. The molecule has 7 nitrogen and oxygen atoms in total. The Bertz CT molecular complexity index is 643. The molecule has 8 heteroatoms. The Morgan fingerprint density at radius 2 is 1.92 bits per heavy atom. The monoisotopic (exact) mass is 459 g/mol. The van der Waals surface area contributed by atoms with Crippen LogP contribution in [0.25, 0.3) is 0 Å². The molecule has 0 aliphatic rings. The van der Waals surface area contributed by atoms with Crippen LogP contribution < -0.4 is 20.1 Å². The number of guanidine groups is 1. The van der Waals surface area contributed by atoms with E-state index in [9.17, 15) is 0 Å². The lowest BCUT2D eigenvalue weighted by molar-refractivity contribution is 0.321. The van der Waals surface area contributed by atoms with Crippen LogP contribution in [0.3, 0.4) is 0 Å². The molecule has 138 valence electrons. The summed E-state index contributed by atoms with van der Waals surface area (Å²) >= 11 is 0. The minimum Gasteiger partial charge on any atom is -0.497 e. The average molecular weight is 459 g/mol. The fourth-order valence-corrected chi connectivity index (χ4v) is 2.08. The fraction of sp³-hybridized carbons (Fsp3) is 0.412. The maximum absolute atomic E-state index is 5.69. The highest BCUT2D eigenvalue weighted by molar-refractivity contribution is 14.0. The van der Waals surface area contributed by atoms with Crippen molar-refractivity contribution in [3.8, 4) is 11.5 Å². The van der Waals surface area contributed by atoms with Crippen molar-refractivity contribution >= 4 is 29.9 Å². The van der Waals surface area contributed by atoms with Crippen LogP contribution in [0.2, 0.25) is 0 Å². The molecule has 1 aromatic heterocycles. The summed E-state index contributed by atoms with van der Waals surface area (Å²) in [4.78, 5) is 4.53. The van der Waals surface area contributed by atoms with Gasteiger partial charge in [-0.05, 0) is 31.2 Å². The number of nitrogens with zero attached hydrogens (tertiary/aromatic N) is 3. The maximum atomic E-state index is 5.69. The number of methoxy groups -OCH3 is 1. The molecule has 0 bridgehead atoms. The van der Waals surface area contributed by atoms with Crippen molar-refractivity contribution in [3.63, 3.8) is 0 Å². The normalized spacial score (nSPS) is 10.8. The molecular weight excluding hydrogens is 433 g/mol. The highest BCUT2D eigenvalue weighted by atomic mass is 127. The molecule has 0 radical (unpaired) electrons. The summed E-state index contributed by atoms with van der Waals surface area (Å²) in [7, 11) is 3.54. The first-order valence-electron chi connectivity index (χ1n) is 7.98. The number of halogens is 1. The van der Waals surface area contributed by atoms with Crippen molar-refractivity contribution < 1.29 is 9.47 Å². The molecule has 0 aliphatic carbocycles. The van der Waals surface area contributed by atoms with Gasteiger partial charge in [0.2, 0.25) is 0 Å². The van der Waals surface area contributed by atoms with E-state index in [2.05, 4.69) is 20.7 Å². The van der Waals surface area contributed by atoms with Gasteiger partial charge in [0.25, 0.3) is 0 Å². The second-order valence-corrected chi connectivity index (χ2v) is 5.17. The Kier molecular flexibility index (Phi) is 9.75. The Hall–Kier alpha value is -1.97. The molecule has 0 saturated carbocycles. The van der Waals surface area contributed by atoms with Gasteiger partial charge in [0.1, 0.15) is 18.1 Å². The van der Waals surface area contributed by atoms with E-state index in [1.165, 1.54) is 0 Å². The Balaban J connectivity index is 0.00000312. The standard InChI is InChI=1S/C17H25N5O2.HI/c1-4-18-17(20-11-14-12-21-22(2)13-14)19-9-10-24-16-7-5-15(23-3)6-8-16;/h5-8,12-13H,4,9-11H2,1-3H3,(H2,18,19,20);1H. The van der Waals surface area contributed by atoms with Crippen molar-refractivity contribution in [1.29, 1.82) is 0 Å². The van der Waals surface area contributed by atoms with E-state index in [1.807, 2.05) is 50.6 Å². The zero-order valence-corrected chi connectivity index (χ0v) is 17.2. The second-order valence-electron chi connectivity index (χ2n) is 5.17. The number of rotatable bonds is 8. The van der Waals surface area contributed by atoms with Gasteiger partial charge in [-0.2, -0.15) is 5.10 Å². The van der Waals surface area contributed by atoms with Crippen molar-refractivity contribution in [2.24, 2.45) is 12.0 Å². The molecule has 2 aromatic rings. The van der Waals surface area contributed by atoms with E-state index in [-0.39, 0.29) is 24.0 Å². The van der Waals surface area contributed by atoms with Gasteiger partial charge >= 0.3 is 0 Å². The first kappa shape index (κ1) is 21.1. The van der Waals surface area contributed by atoms with Gasteiger partial charge in [0.15, 0.2) is 5.96 Å². The highest BCUT2D eigenvalue weighted by Crippen LogP contribution is 2.16. The Labute approximate surface area is 165 Å². The summed E-state index contributed by atoms with van der Waals surface area (Å²) in [6.07, 6.45) is 3.78. The third kappa shape index (κ3) is 7.63. The van der Waals surface area contributed by atoms with Gasteiger partial charge < -0.3 is 20.1 Å². The molecule has 0 spiro atoms. The number of aryl methyl sites for hydroxylation is 1. The first-order valence-corrected chi connectivity index (χ1v) is 7.98. The third-order valence-corrected chi connectivity index (χ3v) is 3.24. The van der Waals surface area contributed by atoms with E-state index in [0.29, 0.717) is 19.7 Å². The summed E-state index contributed by atoms with van der Waals surface area (Å²) in [5.41, 5.74) is 1.07. The van der Waals surface area contributed by atoms with Gasteiger partial charge in [0, 0.05) is 25.4 Å². The molecular formula is C17H26IN5O2. The number of aromatic nitrogens is 2. The van der Waals surface area contributed by atoms with Crippen molar-refractivity contribution in [2.75, 3.05) is 26.8 Å². The molecule has 0 saturated heterocycles. The SMILES string of the molecule is CCNC(=NCc1cnn(C)c1)NCCOc1ccc(OC)cc1.I. The number of nitrogens with one attached hydrogen (secondary N) is 2. The maximum Gasteiger partial charge on any atom is 0.191 e. The molecule has 2 N–H and O–H groups in total. The number of hydrogen-bond acceptors (Lipinski definition) is 4. The van der Waals surface area contributed by atoms with E-state index in [0.717, 1.165) is 29.6 Å². The van der Waals surface area contributed by atoms with Gasteiger partial charge in [-0.1, -0.05) is 0 Å². The average Bonchev–Trinajstić information content (AvgIpc) is 3.02. The van der Waals surface area contributed by atoms with E-state index in [4.69, 9.17) is 9.47 Å². The summed E-state index contributed by atoms with van der Waals surface area (Å²) in [6.45, 7) is 4.63. The smallest absolute Gasteiger partial charge is 0.191 e. The summed E-state index contributed by atoms with van der Waals surface area (Å²) < 4.78 is 12.6. The van der Waals surface area contributed by atoms with Gasteiger partial charge in [-0.25, -0.2) is 4.99 Å². The molecule has 0 unspecified atom stereocenters. The molecule has 0 fully saturated rings. The predicted octanol–water partition coefficient (Wildman–Crippen LogP) is 2.18. The fourth-order valence-electron chi connectivity index (χ4n) is 2.08. The predicted molar refractivity (Wildman–Crippen MR) is 110 cm³/mol. The molecule has 0 atom stereocenters. The van der Waals surface area contributed by atoms with Crippen LogP contribution in [0.4, 0.5) is 0 Å². The summed E-state index contributed by atoms with van der Waals surface area (Å²) in [5.74, 6) is 2.40. The van der Waals surface area contributed by atoms with Crippen LogP contribution in [0.5, 0.6) is 11.5 Å². The minimum atomic E-state index is 0.